The van der Waals surface area contributed by atoms with E-state index < -0.39 is 0 Å². The lowest BCUT2D eigenvalue weighted by atomic mass is 10.2. The van der Waals surface area contributed by atoms with E-state index in [0.29, 0.717) is 33.9 Å². The fraction of sp³-hybridized carbons (Fsp3) is 0.263. The highest BCUT2D eigenvalue weighted by Crippen LogP contribution is 2.27. The number of hydrogen-bond donors (Lipinski definition) is 0. The molecule has 1 aliphatic heterocycles. The number of halogens is 1. The van der Waals surface area contributed by atoms with Gasteiger partial charge in [-0.15, -0.1) is 0 Å². The molecule has 1 fully saturated rings. The van der Waals surface area contributed by atoms with Gasteiger partial charge in [0.25, 0.3) is 5.56 Å². The van der Waals surface area contributed by atoms with Gasteiger partial charge in [0.1, 0.15) is 0 Å². The van der Waals surface area contributed by atoms with Crippen molar-refractivity contribution in [1.82, 2.24) is 14.0 Å². The standard InChI is InChI=1S/C19H16ClN3O2/c1-11-17(25-11)8-9-22-15-4-2-3-5-16(15)23-18(24)13-7-6-12(20)10-14(13)21-19(22)23/h2-7,10-11,17H,8-9H2,1H3. The number of ether oxygens (including phenoxy) is 1. The molecule has 0 spiro atoms. The van der Waals surface area contributed by atoms with E-state index in [1.54, 1.807) is 22.6 Å². The third-order valence-electron chi connectivity index (χ3n) is 4.94. The Labute approximate surface area is 148 Å². The maximum atomic E-state index is 13.1. The second kappa shape index (κ2) is 5.31. The number of aryl methyl sites for hydroxylation is 1. The molecule has 1 aliphatic rings. The van der Waals surface area contributed by atoms with E-state index in [0.717, 1.165) is 24.0 Å². The molecule has 0 aliphatic carbocycles. The molecule has 126 valence electrons. The summed E-state index contributed by atoms with van der Waals surface area (Å²) in [5, 5.41) is 1.15. The number of fused-ring (bicyclic) bond motifs is 4. The van der Waals surface area contributed by atoms with Crippen LogP contribution in [0.5, 0.6) is 0 Å². The van der Waals surface area contributed by atoms with Crippen molar-refractivity contribution in [2.24, 2.45) is 0 Å². The van der Waals surface area contributed by atoms with Crippen LogP contribution < -0.4 is 5.56 Å². The molecular formula is C19H16ClN3O2. The van der Waals surface area contributed by atoms with Crippen LogP contribution in [0, 0.1) is 0 Å². The summed E-state index contributed by atoms with van der Waals surface area (Å²) in [6.07, 6.45) is 1.52. The van der Waals surface area contributed by atoms with E-state index in [1.807, 2.05) is 24.3 Å². The summed E-state index contributed by atoms with van der Waals surface area (Å²) in [5.41, 5.74) is 2.43. The molecule has 25 heavy (non-hydrogen) atoms. The Bertz CT molecular complexity index is 1190. The predicted octanol–water partition coefficient (Wildman–Crippen LogP) is 3.63. The summed E-state index contributed by atoms with van der Waals surface area (Å²) >= 11 is 6.10. The van der Waals surface area contributed by atoms with Crippen molar-refractivity contribution >= 4 is 39.3 Å². The van der Waals surface area contributed by atoms with E-state index in [9.17, 15) is 4.79 Å². The van der Waals surface area contributed by atoms with Crippen LogP contribution >= 0.6 is 11.6 Å². The molecule has 0 N–H and O–H groups in total. The largest absolute Gasteiger partial charge is 0.370 e. The SMILES string of the molecule is CC1OC1CCn1c2ccccc2n2c(=O)c3ccc(Cl)cc3nc12. The van der Waals surface area contributed by atoms with Crippen LogP contribution in [0.25, 0.3) is 27.7 Å². The van der Waals surface area contributed by atoms with Crippen LogP contribution in [0.15, 0.2) is 47.3 Å². The minimum absolute atomic E-state index is 0.0670. The average Bonchev–Trinajstić information content (AvgIpc) is 3.21. The van der Waals surface area contributed by atoms with Crippen molar-refractivity contribution in [2.45, 2.75) is 32.1 Å². The molecule has 4 aromatic rings. The van der Waals surface area contributed by atoms with Crippen molar-refractivity contribution in [1.29, 1.82) is 0 Å². The topological polar surface area (TPSA) is 51.8 Å². The van der Waals surface area contributed by atoms with Gasteiger partial charge in [0, 0.05) is 11.6 Å². The number of hydrogen-bond acceptors (Lipinski definition) is 3. The second-order valence-electron chi connectivity index (χ2n) is 6.52. The number of rotatable bonds is 3. The summed E-state index contributed by atoms with van der Waals surface area (Å²) in [6.45, 7) is 2.83. The van der Waals surface area contributed by atoms with Crippen molar-refractivity contribution in [2.75, 3.05) is 0 Å². The monoisotopic (exact) mass is 353 g/mol. The zero-order valence-electron chi connectivity index (χ0n) is 13.6. The van der Waals surface area contributed by atoms with Crippen LogP contribution in [0.2, 0.25) is 5.02 Å². The lowest BCUT2D eigenvalue weighted by Gasteiger charge is -2.05. The van der Waals surface area contributed by atoms with Gasteiger partial charge in [-0.05, 0) is 43.7 Å². The minimum Gasteiger partial charge on any atom is -0.370 e. The van der Waals surface area contributed by atoms with E-state index in [2.05, 4.69) is 11.5 Å². The van der Waals surface area contributed by atoms with Crippen molar-refractivity contribution in [3.63, 3.8) is 0 Å². The summed E-state index contributed by atoms with van der Waals surface area (Å²) in [7, 11) is 0. The Balaban J connectivity index is 1.83. The molecule has 1 saturated heterocycles. The van der Waals surface area contributed by atoms with Crippen LogP contribution in [-0.4, -0.2) is 26.2 Å². The van der Waals surface area contributed by atoms with Gasteiger partial charge in [-0.3, -0.25) is 4.79 Å². The number of nitrogens with zero attached hydrogens (tertiary/aromatic N) is 3. The van der Waals surface area contributed by atoms with Gasteiger partial charge in [-0.1, -0.05) is 23.7 Å². The Morgan fingerprint density at radius 3 is 2.72 bits per heavy atom. The molecule has 5 rings (SSSR count). The Morgan fingerprint density at radius 2 is 1.96 bits per heavy atom. The molecule has 0 saturated carbocycles. The summed E-state index contributed by atoms with van der Waals surface area (Å²) in [4.78, 5) is 17.8. The quantitative estimate of drug-likeness (QED) is 0.528. The first kappa shape index (κ1) is 14.9. The first-order valence-electron chi connectivity index (χ1n) is 8.38. The lowest BCUT2D eigenvalue weighted by Crippen LogP contribution is -2.15. The molecule has 2 unspecified atom stereocenters. The van der Waals surface area contributed by atoms with Gasteiger partial charge in [-0.25, -0.2) is 9.38 Å². The third-order valence-corrected chi connectivity index (χ3v) is 5.18. The highest BCUT2D eigenvalue weighted by atomic mass is 35.5. The highest BCUT2D eigenvalue weighted by molar-refractivity contribution is 6.31. The molecule has 0 bridgehead atoms. The fourth-order valence-electron chi connectivity index (χ4n) is 3.54. The van der Waals surface area contributed by atoms with Gasteiger partial charge in [0.2, 0.25) is 5.78 Å². The molecule has 2 atom stereocenters. The molecule has 0 radical (unpaired) electrons. The maximum absolute atomic E-state index is 13.1. The normalized spacial score (nSPS) is 19.9. The molecular weight excluding hydrogens is 338 g/mol. The summed E-state index contributed by atoms with van der Waals surface area (Å²) < 4.78 is 9.33. The van der Waals surface area contributed by atoms with E-state index in [4.69, 9.17) is 21.3 Å². The highest BCUT2D eigenvalue weighted by Gasteiger charge is 2.33. The van der Waals surface area contributed by atoms with Gasteiger partial charge >= 0.3 is 0 Å². The first-order valence-corrected chi connectivity index (χ1v) is 8.76. The van der Waals surface area contributed by atoms with Crippen LogP contribution in [-0.2, 0) is 11.3 Å². The molecule has 6 heteroatoms. The van der Waals surface area contributed by atoms with E-state index in [1.165, 1.54) is 0 Å². The Kier molecular flexibility index (Phi) is 3.17. The number of epoxide rings is 1. The smallest absolute Gasteiger partial charge is 0.267 e. The van der Waals surface area contributed by atoms with Crippen LogP contribution in [0.1, 0.15) is 13.3 Å². The molecule has 3 heterocycles. The molecule has 2 aromatic heterocycles. The van der Waals surface area contributed by atoms with E-state index >= 15 is 0 Å². The second-order valence-corrected chi connectivity index (χ2v) is 6.96. The van der Waals surface area contributed by atoms with Crippen molar-refractivity contribution in [3.8, 4) is 0 Å². The molecule has 5 nitrogen and oxygen atoms in total. The van der Waals surface area contributed by atoms with Crippen molar-refractivity contribution < 1.29 is 4.74 Å². The lowest BCUT2D eigenvalue weighted by molar-refractivity contribution is 0.364. The first-order chi connectivity index (χ1) is 12.1. The average molecular weight is 354 g/mol. The predicted molar refractivity (Wildman–Crippen MR) is 98.4 cm³/mol. The van der Waals surface area contributed by atoms with Gasteiger partial charge in [0.15, 0.2) is 0 Å². The maximum Gasteiger partial charge on any atom is 0.267 e. The third kappa shape index (κ3) is 2.27. The number of benzene rings is 2. The zero-order chi connectivity index (χ0) is 17.1. The zero-order valence-corrected chi connectivity index (χ0v) is 14.4. The Morgan fingerprint density at radius 1 is 1.20 bits per heavy atom. The number of para-hydroxylation sites is 2. The van der Waals surface area contributed by atoms with Gasteiger partial charge < -0.3 is 9.30 Å². The fourth-order valence-corrected chi connectivity index (χ4v) is 3.71. The molecule has 2 aromatic carbocycles. The minimum atomic E-state index is -0.0670. The molecule has 0 amide bonds. The summed E-state index contributed by atoms with van der Waals surface area (Å²) in [5.74, 6) is 0.647. The number of aromatic nitrogens is 3. The van der Waals surface area contributed by atoms with Gasteiger partial charge in [-0.2, -0.15) is 0 Å². The van der Waals surface area contributed by atoms with Crippen molar-refractivity contribution in [3.05, 3.63) is 57.8 Å². The van der Waals surface area contributed by atoms with Gasteiger partial charge in [0.05, 0.1) is 34.1 Å². The Hall–Kier alpha value is -2.37. The van der Waals surface area contributed by atoms with Crippen LogP contribution in [0.4, 0.5) is 0 Å². The number of imidazole rings is 1. The van der Waals surface area contributed by atoms with Crippen LogP contribution in [0.3, 0.4) is 0 Å². The van der Waals surface area contributed by atoms with E-state index in [-0.39, 0.29) is 5.56 Å². The summed E-state index contributed by atoms with van der Waals surface area (Å²) in [6, 6.07) is 13.1.